The molecule has 3 heterocycles. The van der Waals surface area contributed by atoms with E-state index in [0.717, 1.165) is 32.1 Å². The van der Waals surface area contributed by atoms with Crippen LogP contribution >= 0.6 is 11.6 Å². The minimum absolute atomic E-state index is 0.0272. The van der Waals surface area contributed by atoms with E-state index in [-0.39, 0.29) is 22.0 Å². The Hall–Kier alpha value is -5.65. The number of halogens is 2. The quantitative estimate of drug-likeness (QED) is 0.125. The van der Waals surface area contributed by atoms with E-state index in [1.807, 2.05) is 0 Å². The number of carbonyl (C=O) groups excluding carboxylic acids is 1. The van der Waals surface area contributed by atoms with Gasteiger partial charge in [0.2, 0.25) is 0 Å². The number of hydrogen-bond acceptors (Lipinski definition) is 8. The molecule has 1 aliphatic rings. The Morgan fingerprint density at radius 3 is 2.42 bits per heavy atom. The zero-order valence-corrected chi connectivity index (χ0v) is 30.1. The topological polar surface area (TPSA) is 104 Å². The van der Waals surface area contributed by atoms with E-state index in [9.17, 15) is 9.59 Å². The minimum atomic E-state index is -0.806. The van der Waals surface area contributed by atoms with Crippen molar-refractivity contribution >= 4 is 45.0 Å². The molecule has 1 aliphatic heterocycles. The number of amides is 1. The molecular formula is C41H38ClFN4O6. The summed E-state index contributed by atoms with van der Waals surface area (Å²) in [6, 6.07) is 23.1. The maximum absolute atomic E-state index is 15.6. The second-order valence-electron chi connectivity index (χ2n) is 12.7. The van der Waals surface area contributed by atoms with Crippen LogP contribution in [-0.2, 0) is 0 Å². The summed E-state index contributed by atoms with van der Waals surface area (Å²) in [7, 11) is 3.06. The second kappa shape index (κ2) is 15.9. The van der Waals surface area contributed by atoms with Gasteiger partial charge in [0.05, 0.1) is 42.6 Å². The van der Waals surface area contributed by atoms with Gasteiger partial charge in [-0.2, -0.15) is 0 Å². The summed E-state index contributed by atoms with van der Waals surface area (Å²) in [6.07, 6.45) is 6.26. The third kappa shape index (κ3) is 7.49. The molecule has 0 bridgehead atoms. The summed E-state index contributed by atoms with van der Waals surface area (Å²) >= 11 is 6.70. The first-order valence-corrected chi connectivity index (χ1v) is 17.8. The summed E-state index contributed by atoms with van der Waals surface area (Å²) in [4.78, 5) is 34.6. The fourth-order valence-corrected chi connectivity index (χ4v) is 7.00. The van der Waals surface area contributed by atoms with Crippen LogP contribution in [0.3, 0.4) is 0 Å². The predicted octanol–water partition coefficient (Wildman–Crippen LogP) is 8.65. The third-order valence-electron chi connectivity index (χ3n) is 9.29. The third-order valence-corrected chi connectivity index (χ3v) is 9.69. The number of ether oxygens (including phenoxy) is 4. The van der Waals surface area contributed by atoms with Crippen molar-refractivity contribution in [1.29, 1.82) is 0 Å². The molecule has 1 fully saturated rings. The molecule has 0 atom stereocenters. The second-order valence-corrected chi connectivity index (χ2v) is 13.0. The standard InChI is InChI=1S/C41H38ClFN4O6/c1-50-35-14-7-6-13-32(35)47-31-12-5-4-11-27(31)39(42)38(41(47)49)40(48)45-26-15-16-34(29(43)23-26)53-33-17-18-44-30-25-37(36(51-2)24-28(30)33)52-22-10-21-46-19-8-3-9-20-46/h4-7,11-18,23-25H,3,8-10,19-22H2,1-2H3,(H,45,48). The van der Waals surface area contributed by atoms with Crippen LogP contribution in [0.2, 0.25) is 5.02 Å². The molecule has 0 spiro atoms. The number of aromatic nitrogens is 2. The van der Waals surface area contributed by atoms with Gasteiger partial charge in [-0.25, -0.2) is 4.39 Å². The maximum Gasteiger partial charge on any atom is 0.270 e. The number of nitrogens with one attached hydrogen (secondary N) is 1. The molecule has 1 N–H and O–H groups in total. The molecule has 12 heteroatoms. The van der Waals surface area contributed by atoms with Crippen LogP contribution in [0.5, 0.6) is 28.7 Å². The zero-order valence-electron chi connectivity index (χ0n) is 29.4. The van der Waals surface area contributed by atoms with Crippen LogP contribution in [0.15, 0.2) is 95.9 Å². The van der Waals surface area contributed by atoms with E-state index in [0.29, 0.717) is 57.1 Å². The first kappa shape index (κ1) is 35.7. The van der Waals surface area contributed by atoms with Crippen LogP contribution in [0, 0.1) is 5.82 Å². The molecule has 0 unspecified atom stereocenters. The van der Waals surface area contributed by atoms with Crippen molar-refractivity contribution in [2.24, 2.45) is 0 Å². The van der Waals surface area contributed by atoms with Crippen molar-refractivity contribution in [2.75, 3.05) is 45.8 Å². The van der Waals surface area contributed by atoms with Gasteiger partial charge in [0.1, 0.15) is 17.1 Å². The van der Waals surface area contributed by atoms with E-state index in [1.54, 1.807) is 80.0 Å². The Morgan fingerprint density at radius 1 is 0.849 bits per heavy atom. The monoisotopic (exact) mass is 736 g/mol. The van der Waals surface area contributed by atoms with Crippen LogP contribution < -0.4 is 29.8 Å². The first-order valence-electron chi connectivity index (χ1n) is 17.4. The predicted molar refractivity (Wildman–Crippen MR) is 204 cm³/mol. The lowest BCUT2D eigenvalue weighted by Gasteiger charge is -2.26. The number of methoxy groups -OCH3 is 2. The lowest BCUT2D eigenvalue weighted by atomic mass is 10.1. The molecule has 10 nitrogen and oxygen atoms in total. The molecule has 4 aromatic carbocycles. The SMILES string of the molecule is COc1cc2c(Oc3ccc(NC(=O)c4c(Cl)c5ccccc5n(-c5ccccc5OC)c4=O)cc3F)ccnc2cc1OCCCN1CCCCC1. The fraction of sp³-hybridized carbons (Fsp3) is 0.244. The van der Waals surface area contributed by atoms with Crippen LogP contribution in [0.1, 0.15) is 36.0 Å². The molecule has 272 valence electrons. The van der Waals surface area contributed by atoms with Crippen LogP contribution in [-0.4, -0.2) is 60.8 Å². The van der Waals surface area contributed by atoms with Gasteiger partial charge in [0.15, 0.2) is 23.1 Å². The van der Waals surface area contributed by atoms with Crippen molar-refractivity contribution in [3.05, 3.63) is 118 Å². The number of nitrogens with zero attached hydrogens (tertiary/aromatic N) is 3. The number of fused-ring (bicyclic) bond motifs is 2. The average Bonchev–Trinajstić information content (AvgIpc) is 3.18. The maximum atomic E-state index is 15.6. The van der Waals surface area contributed by atoms with Crippen molar-refractivity contribution in [2.45, 2.75) is 25.7 Å². The lowest BCUT2D eigenvalue weighted by molar-refractivity contribution is 0.102. The number of benzene rings is 4. The highest BCUT2D eigenvalue weighted by atomic mass is 35.5. The molecule has 0 radical (unpaired) electrons. The number of carbonyl (C=O) groups is 1. The number of pyridine rings is 2. The summed E-state index contributed by atoms with van der Waals surface area (Å²) in [5.41, 5.74) is 0.633. The molecule has 0 saturated carbocycles. The van der Waals surface area contributed by atoms with Gasteiger partial charge in [-0.15, -0.1) is 0 Å². The van der Waals surface area contributed by atoms with Gasteiger partial charge >= 0.3 is 0 Å². The number of piperidine rings is 1. The highest BCUT2D eigenvalue weighted by Crippen LogP contribution is 2.38. The van der Waals surface area contributed by atoms with E-state index < -0.39 is 17.3 Å². The van der Waals surface area contributed by atoms with Crippen LogP contribution in [0.4, 0.5) is 10.1 Å². The minimum Gasteiger partial charge on any atom is -0.495 e. The molecule has 6 aromatic rings. The summed E-state index contributed by atoms with van der Waals surface area (Å²) in [6.45, 7) is 3.80. The molecular weight excluding hydrogens is 699 g/mol. The van der Waals surface area contributed by atoms with Gasteiger partial charge < -0.3 is 29.2 Å². The molecule has 1 saturated heterocycles. The molecule has 0 aliphatic carbocycles. The molecule has 7 rings (SSSR count). The zero-order chi connectivity index (χ0) is 36.9. The Morgan fingerprint density at radius 2 is 1.62 bits per heavy atom. The normalized spacial score (nSPS) is 13.2. The fourth-order valence-electron chi connectivity index (χ4n) is 6.67. The van der Waals surface area contributed by atoms with E-state index >= 15 is 4.39 Å². The van der Waals surface area contributed by atoms with Crippen LogP contribution in [0.25, 0.3) is 27.5 Å². The number of hydrogen-bond donors (Lipinski definition) is 1. The average molecular weight is 737 g/mol. The first-order chi connectivity index (χ1) is 25.9. The largest absolute Gasteiger partial charge is 0.495 e. The van der Waals surface area contributed by atoms with E-state index in [4.69, 9.17) is 30.5 Å². The van der Waals surface area contributed by atoms with Crippen molar-refractivity contribution in [1.82, 2.24) is 14.5 Å². The molecule has 2 aromatic heterocycles. The summed E-state index contributed by atoms with van der Waals surface area (Å²) < 4.78 is 40.2. The molecule has 1 amide bonds. The lowest BCUT2D eigenvalue weighted by Crippen LogP contribution is -2.31. The number of likely N-dealkylation sites (tertiary alicyclic amines) is 1. The van der Waals surface area contributed by atoms with Crippen molar-refractivity contribution in [3.63, 3.8) is 0 Å². The summed E-state index contributed by atoms with van der Waals surface area (Å²) in [5.74, 6) is 0.206. The highest BCUT2D eigenvalue weighted by molar-refractivity contribution is 6.39. The van der Waals surface area contributed by atoms with Crippen molar-refractivity contribution in [3.8, 4) is 34.4 Å². The Balaban J connectivity index is 1.11. The Kier molecular flexibility index (Phi) is 10.7. The number of anilines is 1. The van der Waals surface area contributed by atoms with E-state index in [1.165, 1.54) is 43.1 Å². The Bertz CT molecular complexity index is 2360. The highest BCUT2D eigenvalue weighted by Gasteiger charge is 2.24. The molecule has 53 heavy (non-hydrogen) atoms. The number of rotatable bonds is 12. The smallest absolute Gasteiger partial charge is 0.270 e. The summed E-state index contributed by atoms with van der Waals surface area (Å²) in [5, 5.41) is 3.68. The van der Waals surface area contributed by atoms with Crippen molar-refractivity contribution < 1.29 is 28.1 Å². The van der Waals surface area contributed by atoms with Gasteiger partial charge in [-0.1, -0.05) is 48.4 Å². The van der Waals surface area contributed by atoms with E-state index in [2.05, 4.69) is 15.2 Å². The van der Waals surface area contributed by atoms with Gasteiger partial charge in [-0.05, 0) is 74.8 Å². The number of para-hydroxylation sites is 3. The Labute approximate surface area is 310 Å². The van der Waals surface area contributed by atoms with Gasteiger partial charge in [0.25, 0.3) is 11.5 Å². The van der Waals surface area contributed by atoms with Gasteiger partial charge in [-0.3, -0.25) is 19.1 Å². The van der Waals surface area contributed by atoms with Gasteiger partial charge in [0, 0.05) is 41.3 Å².